The zero-order valence-corrected chi connectivity index (χ0v) is 12.3. The number of nitrogens with one attached hydrogen (secondary N) is 1. The number of allylic oxidation sites excluding steroid dienone is 1. The third kappa shape index (κ3) is 6.97. The quantitative estimate of drug-likeness (QED) is 0.755. The van der Waals surface area contributed by atoms with Gasteiger partial charge in [-0.1, -0.05) is 19.4 Å². The Balaban J connectivity index is 2.58. The molecule has 1 aromatic rings. The number of hydrogen-bond donors (Lipinski definition) is 1. The lowest BCUT2D eigenvalue weighted by atomic mass is 10.2. The third-order valence-corrected chi connectivity index (χ3v) is 2.55. The zero-order valence-electron chi connectivity index (χ0n) is 12.3. The number of halogens is 1. The van der Waals surface area contributed by atoms with E-state index < -0.39 is 0 Å². The SMILES string of the molecule is CC(C)=CCOc1cc(F)cc(CNCC(C)C)c1. The van der Waals surface area contributed by atoms with E-state index in [1.165, 1.54) is 11.6 Å². The van der Waals surface area contributed by atoms with Gasteiger partial charge in [-0.25, -0.2) is 4.39 Å². The van der Waals surface area contributed by atoms with Crippen molar-refractivity contribution in [1.29, 1.82) is 0 Å². The summed E-state index contributed by atoms with van der Waals surface area (Å²) >= 11 is 0. The molecule has 0 bridgehead atoms. The topological polar surface area (TPSA) is 21.3 Å². The molecule has 0 unspecified atom stereocenters. The first-order valence-corrected chi connectivity index (χ1v) is 6.73. The Morgan fingerprint density at radius 2 is 2.05 bits per heavy atom. The molecule has 0 aliphatic rings. The second kappa shape index (κ2) is 7.95. The number of benzene rings is 1. The maximum Gasteiger partial charge on any atom is 0.127 e. The smallest absolute Gasteiger partial charge is 0.127 e. The van der Waals surface area contributed by atoms with E-state index in [9.17, 15) is 4.39 Å². The van der Waals surface area contributed by atoms with Gasteiger partial charge in [0.05, 0.1) is 0 Å². The molecule has 19 heavy (non-hydrogen) atoms. The molecule has 0 fully saturated rings. The van der Waals surface area contributed by atoms with Crippen LogP contribution in [-0.2, 0) is 6.54 Å². The van der Waals surface area contributed by atoms with Crippen molar-refractivity contribution in [2.75, 3.05) is 13.2 Å². The van der Waals surface area contributed by atoms with Gasteiger partial charge in [-0.2, -0.15) is 0 Å². The van der Waals surface area contributed by atoms with E-state index in [1.807, 2.05) is 26.0 Å². The van der Waals surface area contributed by atoms with Crippen LogP contribution in [0, 0.1) is 11.7 Å². The van der Waals surface area contributed by atoms with Gasteiger partial charge in [-0.3, -0.25) is 0 Å². The molecule has 0 amide bonds. The minimum atomic E-state index is -0.254. The van der Waals surface area contributed by atoms with Crippen LogP contribution in [-0.4, -0.2) is 13.2 Å². The molecule has 0 heterocycles. The summed E-state index contributed by atoms with van der Waals surface area (Å²) in [6, 6.07) is 4.85. The lowest BCUT2D eigenvalue weighted by molar-refractivity contribution is 0.359. The Labute approximate surface area is 115 Å². The van der Waals surface area contributed by atoms with Crippen LogP contribution in [0.5, 0.6) is 5.75 Å². The standard InChI is InChI=1S/C16H24FNO/c1-12(2)5-6-19-16-8-14(7-15(17)9-16)11-18-10-13(3)4/h5,7-9,13,18H,6,10-11H2,1-4H3. The lowest BCUT2D eigenvalue weighted by Crippen LogP contribution is -2.19. The fraction of sp³-hybridized carbons (Fsp3) is 0.500. The van der Waals surface area contributed by atoms with Crippen molar-refractivity contribution in [3.05, 3.63) is 41.2 Å². The number of rotatable bonds is 7. The van der Waals surface area contributed by atoms with Crippen LogP contribution in [0.2, 0.25) is 0 Å². The van der Waals surface area contributed by atoms with Gasteiger partial charge in [0.1, 0.15) is 18.2 Å². The van der Waals surface area contributed by atoms with Gasteiger partial charge in [0.2, 0.25) is 0 Å². The summed E-state index contributed by atoms with van der Waals surface area (Å²) in [4.78, 5) is 0. The Kier molecular flexibility index (Phi) is 6.57. The fourth-order valence-corrected chi connectivity index (χ4v) is 1.62. The van der Waals surface area contributed by atoms with Crippen LogP contribution in [0.3, 0.4) is 0 Å². The van der Waals surface area contributed by atoms with E-state index >= 15 is 0 Å². The minimum absolute atomic E-state index is 0.254. The predicted molar refractivity (Wildman–Crippen MR) is 77.9 cm³/mol. The summed E-state index contributed by atoms with van der Waals surface area (Å²) in [7, 11) is 0. The summed E-state index contributed by atoms with van der Waals surface area (Å²) in [6.45, 7) is 10.4. The van der Waals surface area contributed by atoms with E-state index in [0.717, 1.165) is 12.1 Å². The molecule has 0 aliphatic heterocycles. The van der Waals surface area contributed by atoms with Crippen LogP contribution < -0.4 is 10.1 Å². The average Bonchev–Trinajstić information content (AvgIpc) is 2.27. The zero-order chi connectivity index (χ0) is 14.3. The molecule has 3 heteroatoms. The molecule has 2 nitrogen and oxygen atoms in total. The van der Waals surface area contributed by atoms with Crippen molar-refractivity contribution < 1.29 is 9.13 Å². The van der Waals surface area contributed by atoms with E-state index in [2.05, 4.69) is 19.2 Å². The molecule has 0 saturated heterocycles. The highest BCUT2D eigenvalue weighted by Gasteiger charge is 2.02. The van der Waals surface area contributed by atoms with Gasteiger partial charge in [0.15, 0.2) is 0 Å². The molecule has 1 N–H and O–H groups in total. The van der Waals surface area contributed by atoms with Gasteiger partial charge in [0, 0.05) is 12.6 Å². The maximum atomic E-state index is 13.5. The highest BCUT2D eigenvalue weighted by Crippen LogP contribution is 2.16. The highest BCUT2D eigenvalue weighted by molar-refractivity contribution is 5.29. The van der Waals surface area contributed by atoms with Crippen molar-refractivity contribution in [2.45, 2.75) is 34.2 Å². The first-order chi connectivity index (χ1) is 8.97. The molecule has 1 rings (SSSR count). The van der Waals surface area contributed by atoms with Crippen LogP contribution >= 0.6 is 0 Å². The molecule has 0 radical (unpaired) electrons. The van der Waals surface area contributed by atoms with Crippen molar-refractivity contribution in [1.82, 2.24) is 5.32 Å². The first-order valence-electron chi connectivity index (χ1n) is 6.73. The Morgan fingerprint density at radius 1 is 1.32 bits per heavy atom. The summed E-state index contributed by atoms with van der Waals surface area (Å²) in [5.41, 5.74) is 2.10. The van der Waals surface area contributed by atoms with Crippen LogP contribution in [0.25, 0.3) is 0 Å². The van der Waals surface area contributed by atoms with Crippen LogP contribution in [0.1, 0.15) is 33.3 Å². The second-order valence-corrected chi connectivity index (χ2v) is 5.41. The van der Waals surface area contributed by atoms with Crippen LogP contribution in [0.15, 0.2) is 29.8 Å². The summed E-state index contributed by atoms with van der Waals surface area (Å²) < 4.78 is 19.0. The molecule has 0 saturated carbocycles. The van der Waals surface area contributed by atoms with Crippen molar-refractivity contribution in [3.8, 4) is 5.75 Å². The largest absolute Gasteiger partial charge is 0.489 e. The Morgan fingerprint density at radius 3 is 2.68 bits per heavy atom. The molecule has 0 aliphatic carbocycles. The van der Waals surface area contributed by atoms with E-state index in [-0.39, 0.29) is 5.82 Å². The van der Waals surface area contributed by atoms with E-state index in [4.69, 9.17) is 4.74 Å². The second-order valence-electron chi connectivity index (χ2n) is 5.41. The lowest BCUT2D eigenvalue weighted by Gasteiger charge is -2.10. The first kappa shape index (κ1) is 15.7. The van der Waals surface area contributed by atoms with Crippen molar-refractivity contribution >= 4 is 0 Å². The Hall–Kier alpha value is -1.35. The average molecular weight is 265 g/mol. The minimum Gasteiger partial charge on any atom is -0.489 e. The van der Waals surface area contributed by atoms with E-state index in [1.54, 1.807) is 6.07 Å². The fourth-order valence-electron chi connectivity index (χ4n) is 1.62. The number of ether oxygens (including phenoxy) is 1. The highest BCUT2D eigenvalue weighted by atomic mass is 19.1. The van der Waals surface area contributed by atoms with E-state index in [0.29, 0.717) is 24.8 Å². The molecule has 0 aromatic heterocycles. The predicted octanol–water partition coefficient (Wildman–Crippen LogP) is 3.92. The molecule has 0 spiro atoms. The third-order valence-electron chi connectivity index (χ3n) is 2.55. The molecule has 1 aromatic carbocycles. The Bertz CT molecular complexity index is 423. The van der Waals surface area contributed by atoms with Gasteiger partial charge in [-0.05, 0) is 50.1 Å². The van der Waals surface area contributed by atoms with Crippen LogP contribution in [0.4, 0.5) is 4.39 Å². The summed E-state index contributed by atoms with van der Waals surface area (Å²) in [6.07, 6.45) is 1.97. The van der Waals surface area contributed by atoms with Crippen molar-refractivity contribution in [3.63, 3.8) is 0 Å². The van der Waals surface area contributed by atoms with Crippen molar-refractivity contribution in [2.24, 2.45) is 5.92 Å². The molecular weight excluding hydrogens is 241 g/mol. The summed E-state index contributed by atoms with van der Waals surface area (Å²) in [5, 5.41) is 3.30. The molecule has 106 valence electrons. The molecule has 0 atom stereocenters. The maximum absolute atomic E-state index is 13.5. The monoisotopic (exact) mass is 265 g/mol. The number of hydrogen-bond acceptors (Lipinski definition) is 2. The normalized spacial score (nSPS) is 10.6. The van der Waals surface area contributed by atoms with Gasteiger partial charge >= 0.3 is 0 Å². The van der Waals surface area contributed by atoms with Gasteiger partial charge < -0.3 is 10.1 Å². The summed E-state index contributed by atoms with van der Waals surface area (Å²) in [5.74, 6) is 0.914. The van der Waals surface area contributed by atoms with Gasteiger partial charge in [0.25, 0.3) is 0 Å². The van der Waals surface area contributed by atoms with Gasteiger partial charge in [-0.15, -0.1) is 0 Å². The molecular formula is C16H24FNO.